The second-order valence-electron chi connectivity index (χ2n) is 18.8. The van der Waals surface area contributed by atoms with Crippen molar-refractivity contribution in [2.75, 3.05) is 0 Å². The number of thioether (sulfide) groups is 1. The fourth-order valence-corrected chi connectivity index (χ4v) is 6.39. The van der Waals surface area contributed by atoms with E-state index in [2.05, 4.69) is 125 Å². The predicted octanol–water partition coefficient (Wildman–Crippen LogP) is 12.7. The molecular formula is C35H78O2S. The average Bonchev–Trinajstić information content (AvgIpc) is 2.33. The molecule has 38 heavy (non-hydrogen) atoms. The molecule has 0 heterocycles. The van der Waals surface area contributed by atoms with E-state index in [4.69, 9.17) is 4.74 Å². The highest BCUT2D eigenvalue weighted by atomic mass is 32.2. The third-order valence-corrected chi connectivity index (χ3v) is 4.87. The predicted molar refractivity (Wildman–Crippen MR) is 182 cm³/mol. The molecule has 0 amide bonds. The lowest BCUT2D eigenvalue weighted by molar-refractivity contribution is -0.134. The normalized spacial score (nSPS) is 13.5. The Kier molecular flexibility index (Phi) is 20.6. The fourth-order valence-electron chi connectivity index (χ4n) is 4.55. The van der Waals surface area contributed by atoms with E-state index in [-0.39, 0.29) is 29.5 Å². The molecule has 0 aliphatic rings. The van der Waals surface area contributed by atoms with Gasteiger partial charge < -0.3 is 4.74 Å². The van der Waals surface area contributed by atoms with Crippen LogP contribution in [-0.2, 0) is 9.53 Å². The van der Waals surface area contributed by atoms with Gasteiger partial charge in [0.15, 0.2) is 0 Å². The topological polar surface area (TPSA) is 26.3 Å². The summed E-state index contributed by atoms with van der Waals surface area (Å²) in [5, 5.41) is 0. The van der Waals surface area contributed by atoms with Gasteiger partial charge in [-0.2, -0.15) is 11.8 Å². The molecule has 0 N–H and O–H groups in total. The first-order chi connectivity index (χ1) is 15.3. The summed E-state index contributed by atoms with van der Waals surface area (Å²) in [6, 6.07) is 0. The third kappa shape index (κ3) is 49.0. The Morgan fingerprint density at radius 3 is 0.684 bits per heavy atom. The first-order valence-electron chi connectivity index (χ1n) is 14.2. The van der Waals surface area contributed by atoms with Crippen molar-refractivity contribution in [2.45, 2.75) is 201 Å². The first-order valence-corrected chi connectivity index (χ1v) is 15.0. The maximum absolute atomic E-state index is 11.5. The monoisotopic (exact) mass is 563 g/mol. The molecule has 3 heteroatoms. The molecule has 0 aromatic rings. The molecule has 236 valence electrons. The summed E-state index contributed by atoms with van der Waals surface area (Å²) in [7, 11) is 0. The summed E-state index contributed by atoms with van der Waals surface area (Å²) < 4.78 is 6.43. The Bertz CT molecular complexity index is 489. The summed E-state index contributed by atoms with van der Waals surface area (Å²) >= 11 is 2.01. The molecule has 0 rings (SSSR count). The number of carbonyl (C=O) groups excluding carboxylic acids is 1. The molecule has 0 atom stereocenters. The zero-order chi connectivity index (χ0) is 31.7. The molecule has 0 aromatic heterocycles. The van der Waals surface area contributed by atoms with Gasteiger partial charge in [0, 0.05) is 20.3 Å². The van der Waals surface area contributed by atoms with E-state index in [1.165, 1.54) is 6.42 Å². The van der Waals surface area contributed by atoms with Crippen molar-refractivity contribution in [1.29, 1.82) is 0 Å². The van der Waals surface area contributed by atoms with Crippen LogP contribution in [-0.4, -0.2) is 26.5 Å². The summed E-state index contributed by atoms with van der Waals surface area (Å²) in [5.74, 6) is 0.319. The SMILES string of the molecule is C.CC(C)(C)C(=O)C(C)(C)C.CC(C)(C)CC(C)(C)C.CC(C)(C)OC(C)(C)C.CC(C)(C)SC(C)(C)C. The van der Waals surface area contributed by atoms with E-state index in [1.807, 2.05) is 53.3 Å². The molecule has 0 saturated heterocycles. The van der Waals surface area contributed by atoms with Gasteiger partial charge in [-0.25, -0.2) is 0 Å². The summed E-state index contributed by atoms with van der Waals surface area (Å²) in [6.45, 7) is 51.4. The van der Waals surface area contributed by atoms with Gasteiger partial charge in [-0.3, -0.25) is 4.79 Å². The molecule has 0 bridgehead atoms. The first kappa shape index (κ1) is 47.8. The van der Waals surface area contributed by atoms with Gasteiger partial charge in [0.2, 0.25) is 0 Å². The number of Topliss-reactive ketones (excluding diaryl/α,β-unsaturated/α-hetero) is 1. The van der Waals surface area contributed by atoms with Crippen molar-refractivity contribution in [3.63, 3.8) is 0 Å². The molecule has 0 saturated carbocycles. The summed E-state index contributed by atoms with van der Waals surface area (Å²) in [6.07, 6.45) is 1.29. The van der Waals surface area contributed by atoms with Crippen molar-refractivity contribution in [3.05, 3.63) is 0 Å². The lowest BCUT2D eigenvalue weighted by Gasteiger charge is -2.30. The summed E-state index contributed by atoms with van der Waals surface area (Å²) in [4.78, 5) is 11.5. The van der Waals surface area contributed by atoms with Gasteiger partial charge in [-0.05, 0) is 58.8 Å². The highest BCUT2D eigenvalue weighted by Gasteiger charge is 2.31. The number of hydrogen-bond donors (Lipinski definition) is 0. The standard InChI is InChI=1S/C9H18O.C9H20.C8H18O.C8H18S.CH4/c1-8(2,3)7(10)9(4,5)6;1-8(2,3)7-9(4,5)6;2*1-7(2,3)9-8(4,5)6;/h1-6H3;7H2,1-6H3;2*1-6H3;1H4. The maximum Gasteiger partial charge on any atom is 0.143 e. The lowest BCUT2D eigenvalue weighted by Crippen LogP contribution is -2.32. The number of carbonyl (C=O) groups is 1. The van der Waals surface area contributed by atoms with Crippen molar-refractivity contribution in [1.82, 2.24) is 0 Å². The van der Waals surface area contributed by atoms with Gasteiger partial charge in [0.05, 0.1) is 11.2 Å². The molecule has 0 spiro atoms. The number of ketones is 1. The van der Waals surface area contributed by atoms with Crippen LogP contribution in [0.25, 0.3) is 0 Å². The third-order valence-electron chi connectivity index (χ3n) is 3.65. The Balaban J connectivity index is -0.000000126. The van der Waals surface area contributed by atoms with Crippen LogP contribution in [0.15, 0.2) is 0 Å². The van der Waals surface area contributed by atoms with Crippen molar-refractivity contribution in [2.24, 2.45) is 21.7 Å². The smallest absolute Gasteiger partial charge is 0.143 e. The largest absolute Gasteiger partial charge is 0.370 e. The van der Waals surface area contributed by atoms with E-state index >= 15 is 0 Å². The summed E-state index contributed by atoms with van der Waals surface area (Å²) in [5.41, 5.74) is 0.545. The molecule has 0 aromatic carbocycles. The van der Waals surface area contributed by atoms with Crippen LogP contribution in [0.3, 0.4) is 0 Å². The van der Waals surface area contributed by atoms with Crippen molar-refractivity contribution in [3.8, 4) is 0 Å². The minimum absolute atomic E-state index is 0. The average molecular weight is 563 g/mol. The van der Waals surface area contributed by atoms with Gasteiger partial charge in [0.25, 0.3) is 0 Å². The Hall–Kier alpha value is -0.0200. The minimum Gasteiger partial charge on any atom is -0.370 e. The van der Waals surface area contributed by atoms with Crippen LogP contribution in [0.1, 0.15) is 180 Å². The van der Waals surface area contributed by atoms with Crippen LogP contribution in [0, 0.1) is 21.7 Å². The molecule has 2 nitrogen and oxygen atoms in total. The van der Waals surface area contributed by atoms with Gasteiger partial charge in [0.1, 0.15) is 5.78 Å². The van der Waals surface area contributed by atoms with Crippen LogP contribution in [0.4, 0.5) is 0 Å². The molecule has 0 radical (unpaired) electrons. The number of ether oxygens (including phenoxy) is 1. The van der Waals surface area contributed by atoms with Crippen LogP contribution in [0.2, 0.25) is 0 Å². The number of rotatable bonds is 0. The molecule has 0 aliphatic heterocycles. The van der Waals surface area contributed by atoms with Crippen molar-refractivity contribution >= 4 is 17.5 Å². The maximum atomic E-state index is 11.5. The number of hydrogen-bond acceptors (Lipinski definition) is 3. The highest BCUT2D eigenvalue weighted by Crippen LogP contribution is 2.35. The van der Waals surface area contributed by atoms with Gasteiger partial charge in [-0.15, -0.1) is 0 Å². The van der Waals surface area contributed by atoms with Crippen LogP contribution in [0.5, 0.6) is 0 Å². The molecule has 0 fully saturated rings. The van der Waals surface area contributed by atoms with Crippen LogP contribution < -0.4 is 0 Å². The van der Waals surface area contributed by atoms with E-state index in [0.717, 1.165) is 0 Å². The van der Waals surface area contributed by atoms with Gasteiger partial charge >= 0.3 is 0 Å². The molecule has 0 unspecified atom stereocenters. The zero-order valence-corrected chi connectivity index (χ0v) is 31.2. The van der Waals surface area contributed by atoms with E-state index in [0.29, 0.717) is 26.1 Å². The lowest BCUT2D eigenvalue weighted by atomic mass is 9.76. The Labute approximate surface area is 249 Å². The molecule has 0 aliphatic carbocycles. The van der Waals surface area contributed by atoms with Gasteiger partial charge in [-0.1, -0.05) is 132 Å². The fraction of sp³-hybridized carbons (Fsp3) is 0.971. The zero-order valence-electron chi connectivity index (χ0n) is 30.4. The second-order valence-corrected chi connectivity index (χ2v) is 21.4. The highest BCUT2D eigenvalue weighted by molar-refractivity contribution is 8.01. The molecular weight excluding hydrogens is 484 g/mol. The second kappa shape index (κ2) is 16.4. The Morgan fingerprint density at radius 2 is 0.684 bits per heavy atom. The van der Waals surface area contributed by atoms with E-state index < -0.39 is 0 Å². The van der Waals surface area contributed by atoms with Crippen LogP contribution >= 0.6 is 11.8 Å². The quantitative estimate of drug-likeness (QED) is 0.293. The Morgan fingerprint density at radius 1 is 0.474 bits per heavy atom. The van der Waals surface area contributed by atoms with Crippen molar-refractivity contribution < 1.29 is 9.53 Å². The van der Waals surface area contributed by atoms with E-state index in [9.17, 15) is 4.79 Å². The van der Waals surface area contributed by atoms with E-state index in [1.54, 1.807) is 0 Å². The minimum atomic E-state index is -0.196.